The minimum absolute atomic E-state index is 0.0699. The van der Waals surface area contributed by atoms with Crippen LogP contribution in [0.25, 0.3) is 11.0 Å². The summed E-state index contributed by atoms with van der Waals surface area (Å²) in [5.41, 5.74) is 1.24. The van der Waals surface area contributed by atoms with Crippen molar-refractivity contribution in [2.75, 3.05) is 26.5 Å². The van der Waals surface area contributed by atoms with E-state index in [9.17, 15) is 24.5 Å². The number of hydrogen-bond donors (Lipinski definition) is 0. The molecule has 12 nitrogen and oxygen atoms in total. The maximum absolute atomic E-state index is 14.1. The molecule has 6 rings (SSSR count). The van der Waals surface area contributed by atoms with Crippen LogP contribution >= 0.6 is 11.6 Å². The lowest BCUT2D eigenvalue weighted by molar-refractivity contribution is -0.385. The fraction of sp³-hybridized carbons (Fsp3) is 0.303. The zero-order valence-electron chi connectivity index (χ0n) is 24.9. The second kappa shape index (κ2) is 13.2. The molecule has 2 aliphatic rings. The summed E-state index contributed by atoms with van der Waals surface area (Å²) in [7, 11) is 0. The molecule has 0 N–H and O–H groups in total. The van der Waals surface area contributed by atoms with E-state index in [-0.39, 0.29) is 66.7 Å². The van der Waals surface area contributed by atoms with Crippen LogP contribution in [0.1, 0.15) is 39.9 Å². The van der Waals surface area contributed by atoms with Crippen LogP contribution in [0.15, 0.2) is 70.1 Å². The zero-order chi connectivity index (χ0) is 32.4. The third kappa shape index (κ3) is 6.68. The molecular formula is C33H30ClN3O9. The van der Waals surface area contributed by atoms with E-state index >= 15 is 0 Å². The van der Waals surface area contributed by atoms with Crippen molar-refractivity contribution in [3.05, 3.63) is 108 Å². The van der Waals surface area contributed by atoms with Crippen LogP contribution in [-0.2, 0) is 22.6 Å². The normalized spacial score (nSPS) is 15.2. The molecule has 0 bridgehead atoms. The number of benzene rings is 3. The van der Waals surface area contributed by atoms with Gasteiger partial charge in [-0.15, -0.1) is 0 Å². The summed E-state index contributed by atoms with van der Waals surface area (Å²) in [4.78, 5) is 55.3. The number of halogens is 1. The molecule has 1 fully saturated rings. The molecule has 1 atom stereocenters. The number of nitro benzene ring substituents is 1. The largest absolute Gasteiger partial charge is 0.464 e. The highest BCUT2D eigenvalue weighted by molar-refractivity contribution is 6.31. The van der Waals surface area contributed by atoms with E-state index < -0.39 is 16.7 Å². The van der Waals surface area contributed by atoms with Crippen molar-refractivity contribution in [3.63, 3.8) is 0 Å². The van der Waals surface area contributed by atoms with Crippen molar-refractivity contribution in [1.82, 2.24) is 9.80 Å². The number of nitrogens with zero attached hydrogens (tertiary/aromatic N) is 3. The molecule has 3 heterocycles. The van der Waals surface area contributed by atoms with Crippen LogP contribution in [-0.4, -0.2) is 59.1 Å². The van der Waals surface area contributed by atoms with Gasteiger partial charge < -0.3 is 28.4 Å². The lowest BCUT2D eigenvalue weighted by Gasteiger charge is -2.29. The highest BCUT2D eigenvalue weighted by atomic mass is 35.5. The Bertz CT molecular complexity index is 1890. The van der Waals surface area contributed by atoms with Crippen LogP contribution in [0.5, 0.6) is 11.5 Å². The quantitative estimate of drug-likeness (QED) is 0.167. The van der Waals surface area contributed by atoms with Gasteiger partial charge >= 0.3 is 0 Å². The molecule has 2 aliphatic heterocycles. The zero-order valence-corrected chi connectivity index (χ0v) is 25.7. The van der Waals surface area contributed by atoms with Gasteiger partial charge in [0.1, 0.15) is 12.1 Å². The van der Waals surface area contributed by atoms with Gasteiger partial charge in [-0.2, -0.15) is 0 Å². The van der Waals surface area contributed by atoms with Gasteiger partial charge in [0.2, 0.25) is 12.7 Å². The fourth-order valence-corrected chi connectivity index (χ4v) is 5.76. The predicted molar refractivity (Wildman–Crippen MR) is 167 cm³/mol. The Hall–Kier alpha value is -4.94. The highest BCUT2D eigenvalue weighted by Crippen LogP contribution is 2.33. The fourth-order valence-electron chi connectivity index (χ4n) is 5.59. The van der Waals surface area contributed by atoms with E-state index in [1.807, 2.05) is 0 Å². The van der Waals surface area contributed by atoms with E-state index in [1.54, 1.807) is 37.3 Å². The Labute approximate surface area is 268 Å². The van der Waals surface area contributed by atoms with Gasteiger partial charge in [-0.25, -0.2) is 0 Å². The van der Waals surface area contributed by atoms with E-state index in [0.29, 0.717) is 46.3 Å². The number of hydrogen-bond acceptors (Lipinski definition) is 9. The van der Waals surface area contributed by atoms with Crippen molar-refractivity contribution in [1.29, 1.82) is 0 Å². The monoisotopic (exact) mass is 647 g/mol. The smallest absolute Gasteiger partial charge is 0.273 e. The minimum atomic E-state index is -0.546. The molecule has 0 aliphatic carbocycles. The van der Waals surface area contributed by atoms with Gasteiger partial charge in [0, 0.05) is 41.9 Å². The molecule has 3 aromatic carbocycles. The second-order valence-corrected chi connectivity index (χ2v) is 11.7. The van der Waals surface area contributed by atoms with Crippen LogP contribution < -0.4 is 14.9 Å². The van der Waals surface area contributed by atoms with Crippen LogP contribution in [0, 0.1) is 17.0 Å². The summed E-state index contributed by atoms with van der Waals surface area (Å²) in [6.45, 7) is 1.90. The summed E-state index contributed by atoms with van der Waals surface area (Å²) in [5, 5.41) is 12.2. The second-order valence-electron chi connectivity index (χ2n) is 11.2. The van der Waals surface area contributed by atoms with Gasteiger partial charge in [-0.05, 0) is 61.7 Å². The van der Waals surface area contributed by atoms with Crippen LogP contribution in [0.2, 0.25) is 5.02 Å². The molecule has 13 heteroatoms. The topological polar surface area (TPSA) is 142 Å². The third-order valence-corrected chi connectivity index (χ3v) is 8.28. The van der Waals surface area contributed by atoms with Gasteiger partial charge in [-0.3, -0.25) is 24.5 Å². The van der Waals surface area contributed by atoms with E-state index in [1.165, 1.54) is 40.3 Å². The number of fused-ring (bicyclic) bond motifs is 2. The van der Waals surface area contributed by atoms with Crippen molar-refractivity contribution in [2.24, 2.45) is 0 Å². The summed E-state index contributed by atoms with van der Waals surface area (Å²) >= 11 is 6.14. The first-order valence-corrected chi connectivity index (χ1v) is 15.1. The van der Waals surface area contributed by atoms with Crippen molar-refractivity contribution < 1.29 is 33.1 Å². The number of carbonyl (C=O) groups is 2. The summed E-state index contributed by atoms with van der Waals surface area (Å²) < 4.78 is 22.4. The van der Waals surface area contributed by atoms with Crippen molar-refractivity contribution >= 4 is 40.1 Å². The lowest BCUT2D eigenvalue weighted by atomic mass is 10.1. The van der Waals surface area contributed by atoms with Gasteiger partial charge in [0.05, 0.1) is 34.8 Å². The standard InChI is InChI=1S/C33H30ClN3O9/c1-20-4-6-22(12-27(20)37(41)42)33(40)36(16-25-3-2-10-43-25)17-31(38)35(14-21-5-8-29-30(11-21)46-19-45-29)15-23-18-44-28-9-7-24(34)13-26(28)32(23)39/h4-9,11-13,18,25H,2-3,10,14-17,19H2,1H3. The Morgan fingerprint density at radius 2 is 1.85 bits per heavy atom. The molecule has 238 valence electrons. The molecule has 0 radical (unpaired) electrons. The number of rotatable bonds is 10. The number of ether oxygens (including phenoxy) is 3. The van der Waals surface area contributed by atoms with Crippen molar-refractivity contribution in [2.45, 2.75) is 39.0 Å². The average Bonchev–Trinajstić information content (AvgIpc) is 3.73. The van der Waals surface area contributed by atoms with Gasteiger partial charge in [0.25, 0.3) is 11.6 Å². The average molecular weight is 648 g/mol. The Kier molecular flexibility index (Phi) is 8.91. The maximum atomic E-state index is 14.1. The first-order chi connectivity index (χ1) is 22.2. The first-order valence-electron chi connectivity index (χ1n) is 14.7. The minimum Gasteiger partial charge on any atom is -0.464 e. The van der Waals surface area contributed by atoms with E-state index in [2.05, 4.69) is 0 Å². The van der Waals surface area contributed by atoms with E-state index in [0.717, 1.165) is 6.42 Å². The molecule has 0 spiro atoms. The summed E-state index contributed by atoms with van der Waals surface area (Å²) in [6.07, 6.45) is 2.54. The van der Waals surface area contributed by atoms with E-state index in [4.69, 9.17) is 30.2 Å². The number of nitro groups is 1. The molecule has 1 aromatic heterocycles. The lowest BCUT2D eigenvalue weighted by Crippen LogP contribution is -2.45. The first kappa shape index (κ1) is 31.1. The molecule has 1 unspecified atom stereocenters. The maximum Gasteiger partial charge on any atom is 0.273 e. The molecule has 0 saturated carbocycles. The van der Waals surface area contributed by atoms with Gasteiger partial charge in [-0.1, -0.05) is 23.7 Å². The van der Waals surface area contributed by atoms with Crippen molar-refractivity contribution in [3.8, 4) is 11.5 Å². The molecular weight excluding hydrogens is 618 g/mol. The summed E-state index contributed by atoms with van der Waals surface area (Å²) in [6, 6.07) is 14.3. The number of carbonyl (C=O) groups excluding carboxylic acids is 2. The molecule has 46 heavy (non-hydrogen) atoms. The Morgan fingerprint density at radius 3 is 2.63 bits per heavy atom. The molecule has 4 aromatic rings. The Balaban J connectivity index is 1.32. The molecule has 1 saturated heterocycles. The Morgan fingerprint density at radius 1 is 1.02 bits per heavy atom. The van der Waals surface area contributed by atoms with Crippen LogP contribution in [0.3, 0.4) is 0 Å². The SMILES string of the molecule is Cc1ccc(C(=O)N(CC(=O)N(Cc2ccc3c(c2)OCO3)Cc2coc3ccc(Cl)cc3c2=O)CC2CCCO2)cc1[N+](=O)[O-]. The number of amides is 2. The molecule has 2 amide bonds. The van der Waals surface area contributed by atoms with Crippen LogP contribution in [0.4, 0.5) is 5.69 Å². The van der Waals surface area contributed by atoms with Gasteiger partial charge in [0.15, 0.2) is 16.9 Å². The predicted octanol–water partition coefficient (Wildman–Crippen LogP) is 5.24. The number of aryl methyl sites for hydroxylation is 1. The summed E-state index contributed by atoms with van der Waals surface area (Å²) in [5.74, 6) is 0.0983. The highest BCUT2D eigenvalue weighted by Gasteiger charge is 2.29. The third-order valence-electron chi connectivity index (χ3n) is 8.04.